The van der Waals surface area contributed by atoms with E-state index in [-0.39, 0.29) is 23.4 Å². The van der Waals surface area contributed by atoms with Gasteiger partial charge in [0.1, 0.15) is 11.6 Å². The Labute approximate surface area is 224 Å². The maximum absolute atomic E-state index is 12.9. The fourth-order valence-corrected chi connectivity index (χ4v) is 7.74. The monoisotopic (exact) mass is 519 g/mol. The van der Waals surface area contributed by atoms with Crippen molar-refractivity contribution in [2.24, 2.45) is 11.8 Å². The first kappa shape index (κ1) is 24.7. The van der Waals surface area contributed by atoms with Gasteiger partial charge in [0.2, 0.25) is 5.91 Å². The first-order valence-corrected chi connectivity index (χ1v) is 14.5. The Bertz CT molecular complexity index is 1270. The molecular formula is C31H38ClN3O2. The van der Waals surface area contributed by atoms with Crippen LogP contribution < -0.4 is 10.1 Å². The molecule has 5 nitrogen and oxygen atoms in total. The lowest BCUT2D eigenvalue weighted by molar-refractivity contribution is -0.130. The summed E-state index contributed by atoms with van der Waals surface area (Å²) in [5, 5.41) is 5.15. The summed E-state index contributed by atoms with van der Waals surface area (Å²) >= 11 is 6.06. The molecule has 6 rings (SSSR count). The smallest absolute Gasteiger partial charge is 0.238 e. The van der Waals surface area contributed by atoms with Crippen molar-refractivity contribution in [3.05, 3.63) is 59.3 Å². The van der Waals surface area contributed by atoms with Gasteiger partial charge in [0.05, 0.1) is 13.2 Å². The molecule has 0 spiro atoms. The number of carbonyl (C=O) groups excluding carboxylic acids is 1. The second-order valence-electron chi connectivity index (χ2n) is 11.5. The zero-order chi connectivity index (χ0) is 25.6. The number of anilines is 1. The van der Waals surface area contributed by atoms with Gasteiger partial charge in [0.25, 0.3) is 0 Å². The van der Waals surface area contributed by atoms with E-state index in [1.165, 1.54) is 55.2 Å². The Kier molecular flexibility index (Phi) is 6.60. The van der Waals surface area contributed by atoms with E-state index in [9.17, 15) is 4.79 Å². The SMILES string of the molecule is CCC1(Nc2ccc([C@H]3c4[nH]c5ccc(OC)cc5c4CCN3C(=O)CCl)cc2)CC2CCCC(C2)C1. The molecule has 2 saturated carbocycles. The van der Waals surface area contributed by atoms with Crippen molar-refractivity contribution in [2.45, 2.75) is 69.9 Å². The lowest BCUT2D eigenvalue weighted by Crippen LogP contribution is -2.46. The molecule has 2 fully saturated rings. The van der Waals surface area contributed by atoms with Crippen LogP contribution in [0.3, 0.4) is 0 Å². The van der Waals surface area contributed by atoms with Crippen molar-refractivity contribution >= 4 is 34.1 Å². The summed E-state index contributed by atoms with van der Waals surface area (Å²) in [5.41, 5.74) is 5.90. The van der Waals surface area contributed by atoms with Gasteiger partial charge >= 0.3 is 0 Å². The van der Waals surface area contributed by atoms with Gasteiger partial charge in [-0.2, -0.15) is 0 Å². The van der Waals surface area contributed by atoms with Gasteiger partial charge in [-0.25, -0.2) is 0 Å². The van der Waals surface area contributed by atoms with Crippen LogP contribution in [0.5, 0.6) is 5.75 Å². The minimum Gasteiger partial charge on any atom is -0.497 e. The summed E-state index contributed by atoms with van der Waals surface area (Å²) in [5.74, 6) is 2.54. The maximum atomic E-state index is 12.9. The summed E-state index contributed by atoms with van der Waals surface area (Å²) in [4.78, 5) is 18.5. The number of hydrogen-bond acceptors (Lipinski definition) is 3. The highest BCUT2D eigenvalue weighted by Gasteiger charge is 2.41. The van der Waals surface area contributed by atoms with Crippen molar-refractivity contribution in [1.82, 2.24) is 9.88 Å². The van der Waals surface area contributed by atoms with E-state index in [4.69, 9.17) is 16.3 Å². The summed E-state index contributed by atoms with van der Waals surface area (Å²) in [7, 11) is 1.70. The molecule has 196 valence electrons. The van der Waals surface area contributed by atoms with Gasteiger partial charge < -0.3 is 19.9 Å². The third kappa shape index (κ3) is 4.50. The fourth-order valence-electron chi connectivity index (χ4n) is 7.58. The van der Waals surface area contributed by atoms with Gasteiger partial charge in [-0.1, -0.05) is 38.3 Å². The quantitative estimate of drug-likeness (QED) is 0.343. The van der Waals surface area contributed by atoms with Gasteiger partial charge in [-0.15, -0.1) is 11.6 Å². The number of rotatable bonds is 6. The molecule has 1 aromatic heterocycles. The van der Waals surface area contributed by atoms with Gasteiger partial charge in [0, 0.05) is 34.4 Å². The lowest BCUT2D eigenvalue weighted by Gasteiger charge is -2.48. The largest absolute Gasteiger partial charge is 0.497 e. The molecule has 2 aliphatic carbocycles. The zero-order valence-corrected chi connectivity index (χ0v) is 22.7. The van der Waals surface area contributed by atoms with Crippen LogP contribution in [0.25, 0.3) is 10.9 Å². The molecule has 1 amide bonds. The van der Waals surface area contributed by atoms with E-state index in [0.29, 0.717) is 6.54 Å². The number of amides is 1. The van der Waals surface area contributed by atoms with E-state index in [1.54, 1.807) is 7.11 Å². The van der Waals surface area contributed by atoms with Crippen molar-refractivity contribution in [3.63, 3.8) is 0 Å². The Balaban J connectivity index is 1.32. The summed E-state index contributed by atoms with van der Waals surface area (Å²) in [6, 6.07) is 14.7. The number of fused-ring (bicyclic) bond motifs is 5. The Morgan fingerprint density at radius 3 is 2.59 bits per heavy atom. The molecule has 2 bridgehead atoms. The first-order valence-electron chi connectivity index (χ1n) is 13.9. The molecule has 2 N–H and O–H groups in total. The third-order valence-corrected chi connectivity index (χ3v) is 9.56. The average molecular weight is 520 g/mol. The number of carbonyl (C=O) groups is 1. The second-order valence-corrected chi connectivity index (χ2v) is 11.8. The average Bonchev–Trinajstić information content (AvgIpc) is 3.30. The standard InChI is InChI=1S/C31H38ClN3O2/c1-3-31(17-20-5-4-6-21(15-20)18-31)34-23-9-7-22(8-10-23)30-29-25(13-14-35(30)28(36)19-32)26-16-24(37-2)11-12-27(26)33-29/h7-12,16,20-21,30,33-34H,3-6,13-15,17-19H2,1-2H3/t20?,21?,30-,31?/m0/s1. The maximum Gasteiger partial charge on any atom is 0.238 e. The van der Waals surface area contributed by atoms with Gasteiger partial charge in [0.15, 0.2) is 0 Å². The second kappa shape index (κ2) is 9.90. The highest BCUT2D eigenvalue weighted by molar-refractivity contribution is 6.27. The summed E-state index contributed by atoms with van der Waals surface area (Å²) in [6.07, 6.45) is 10.1. The van der Waals surface area contributed by atoms with E-state index >= 15 is 0 Å². The highest BCUT2D eigenvalue weighted by Crippen LogP contribution is 2.47. The molecule has 3 atom stereocenters. The Morgan fingerprint density at radius 2 is 1.92 bits per heavy atom. The lowest BCUT2D eigenvalue weighted by atomic mass is 9.63. The summed E-state index contributed by atoms with van der Waals surface area (Å²) < 4.78 is 5.48. The Hall–Kier alpha value is -2.66. The van der Waals surface area contributed by atoms with Crippen LogP contribution in [-0.2, 0) is 11.2 Å². The first-order chi connectivity index (χ1) is 18.0. The normalized spacial score (nSPS) is 27.1. The number of nitrogens with zero attached hydrogens (tertiary/aromatic N) is 1. The number of nitrogens with one attached hydrogen (secondary N) is 2. The number of alkyl halides is 1. The third-order valence-electron chi connectivity index (χ3n) is 9.33. The number of aromatic nitrogens is 1. The zero-order valence-electron chi connectivity index (χ0n) is 22.0. The number of hydrogen-bond donors (Lipinski definition) is 2. The molecule has 3 aliphatic rings. The van der Waals surface area contributed by atoms with Crippen molar-refractivity contribution in [3.8, 4) is 5.75 Å². The van der Waals surface area contributed by atoms with E-state index in [2.05, 4.69) is 53.6 Å². The number of halogens is 1. The van der Waals surface area contributed by atoms with Crippen LogP contribution in [0.15, 0.2) is 42.5 Å². The minimum absolute atomic E-state index is 0.0130. The van der Waals surface area contributed by atoms with Crippen LogP contribution in [0.1, 0.15) is 74.7 Å². The number of H-pyrrole nitrogens is 1. The number of benzene rings is 2. The van der Waals surface area contributed by atoms with Gasteiger partial charge in [-0.3, -0.25) is 4.79 Å². The van der Waals surface area contributed by atoms with E-state index in [1.807, 2.05) is 11.0 Å². The number of ether oxygens (including phenoxy) is 1. The molecular weight excluding hydrogens is 482 g/mol. The van der Waals surface area contributed by atoms with E-state index < -0.39 is 0 Å². The van der Waals surface area contributed by atoms with Gasteiger partial charge in [-0.05, 0) is 85.4 Å². The van der Waals surface area contributed by atoms with Crippen LogP contribution >= 0.6 is 11.6 Å². The van der Waals surface area contributed by atoms with Crippen molar-refractivity contribution in [2.75, 3.05) is 24.9 Å². The van der Waals surface area contributed by atoms with Crippen molar-refractivity contribution < 1.29 is 9.53 Å². The minimum atomic E-state index is -0.184. The molecule has 2 unspecified atom stereocenters. The topological polar surface area (TPSA) is 57.4 Å². The predicted molar refractivity (Wildman–Crippen MR) is 151 cm³/mol. The van der Waals surface area contributed by atoms with E-state index in [0.717, 1.165) is 47.2 Å². The Morgan fingerprint density at radius 1 is 1.16 bits per heavy atom. The van der Waals surface area contributed by atoms with Crippen LogP contribution in [0.2, 0.25) is 0 Å². The fraction of sp³-hybridized carbons (Fsp3) is 0.516. The highest BCUT2D eigenvalue weighted by atomic mass is 35.5. The molecule has 37 heavy (non-hydrogen) atoms. The van der Waals surface area contributed by atoms with Crippen LogP contribution in [0.4, 0.5) is 5.69 Å². The molecule has 1 aliphatic heterocycles. The molecule has 2 heterocycles. The number of methoxy groups -OCH3 is 1. The predicted octanol–water partition coefficient (Wildman–Crippen LogP) is 7.05. The molecule has 2 aromatic carbocycles. The molecule has 3 aromatic rings. The van der Waals surface area contributed by atoms with Crippen LogP contribution in [-0.4, -0.2) is 40.9 Å². The molecule has 0 radical (unpaired) electrons. The molecule has 6 heteroatoms. The van der Waals surface area contributed by atoms with Crippen LogP contribution in [0, 0.1) is 11.8 Å². The molecule has 0 saturated heterocycles. The number of aromatic amines is 1. The summed E-state index contributed by atoms with van der Waals surface area (Å²) in [6.45, 7) is 2.99. The van der Waals surface area contributed by atoms with Crippen molar-refractivity contribution in [1.29, 1.82) is 0 Å².